The average Bonchev–Trinajstić information content (AvgIpc) is 3.36. The molecule has 1 aliphatic heterocycles. The number of carbonyl (C=O) groups is 1. The Hall–Kier alpha value is -2.41. The van der Waals surface area contributed by atoms with Gasteiger partial charge in [-0.15, -0.1) is 0 Å². The number of carbonyl (C=O) groups excluding carboxylic acids is 1. The molecule has 0 radical (unpaired) electrons. The van der Waals surface area contributed by atoms with Crippen LogP contribution in [-0.4, -0.2) is 30.9 Å². The van der Waals surface area contributed by atoms with E-state index in [2.05, 4.69) is 0 Å². The van der Waals surface area contributed by atoms with E-state index in [0.29, 0.717) is 14.2 Å². The summed E-state index contributed by atoms with van der Waals surface area (Å²) in [4.78, 5) is 15.8. The molecule has 2 heterocycles. The van der Waals surface area contributed by atoms with Crippen molar-refractivity contribution in [3.05, 3.63) is 76.3 Å². The smallest absolute Gasteiger partial charge is 0.266 e. The zero-order valence-electron chi connectivity index (χ0n) is 17.4. The highest BCUT2D eigenvalue weighted by Crippen LogP contribution is 2.38. The fraction of sp³-hybridized carbons (Fsp3) is 0.240. The van der Waals surface area contributed by atoms with E-state index in [9.17, 15) is 4.79 Å². The van der Waals surface area contributed by atoms with Gasteiger partial charge in [-0.05, 0) is 43.2 Å². The lowest BCUT2D eigenvalue weighted by Gasteiger charge is -2.29. The average molecular weight is 480 g/mol. The number of thioether (sulfide) groups is 1. The molecule has 2 aromatic carbocycles. The minimum absolute atomic E-state index is 0.0152. The minimum Gasteiger partial charge on any atom is -0.290 e. The van der Waals surface area contributed by atoms with Crippen LogP contribution in [-0.2, 0) is 4.79 Å². The Labute approximate surface area is 202 Å². The zero-order chi connectivity index (χ0) is 22.1. The Morgan fingerprint density at radius 2 is 1.75 bits per heavy atom. The van der Waals surface area contributed by atoms with E-state index in [4.69, 9.17) is 28.9 Å². The summed E-state index contributed by atoms with van der Waals surface area (Å²) < 4.78 is 2.51. The van der Waals surface area contributed by atoms with Crippen LogP contribution in [0.4, 0.5) is 0 Å². The van der Waals surface area contributed by atoms with Crippen LogP contribution in [0.5, 0.6) is 0 Å². The third-order valence-corrected chi connectivity index (χ3v) is 7.51. The van der Waals surface area contributed by atoms with Crippen molar-refractivity contribution < 1.29 is 4.79 Å². The Morgan fingerprint density at radius 3 is 2.47 bits per heavy atom. The zero-order valence-corrected chi connectivity index (χ0v) is 19.8. The maximum atomic E-state index is 13.3. The first-order chi connectivity index (χ1) is 15.6. The summed E-state index contributed by atoms with van der Waals surface area (Å²) >= 11 is 13.1. The van der Waals surface area contributed by atoms with Gasteiger partial charge in [0.1, 0.15) is 4.32 Å². The Bertz CT molecular complexity index is 1180. The molecule has 1 saturated heterocycles. The van der Waals surface area contributed by atoms with Crippen LogP contribution >= 0.6 is 35.6 Å². The molecule has 1 amide bonds. The van der Waals surface area contributed by atoms with E-state index < -0.39 is 0 Å². The number of nitrogens with zero attached hydrogens (tertiary/aromatic N) is 3. The first-order valence-electron chi connectivity index (χ1n) is 10.8. The Kier molecular flexibility index (Phi) is 6.17. The predicted octanol–water partition coefficient (Wildman–Crippen LogP) is 6.73. The van der Waals surface area contributed by atoms with Gasteiger partial charge in [-0.3, -0.25) is 9.69 Å². The topological polar surface area (TPSA) is 38.1 Å². The Morgan fingerprint density at radius 1 is 1.03 bits per heavy atom. The summed E-state index contributed by atoms with van der Waals surface area (Å²) in [6.45, 7) is 0. The van der Waals surface area contributed by atoms with Crippen molar-refractivity contribution >= 4 is 51.9 Å². The molecular weight excluding hydrogens is 458 g/mol. The summed E-state index contributed by atoms with van der Waals surface area (Å²) in [5, 5.41) is 5.51. The molecule has 1 aliphatic carbocycles. The van der Waals surface area contributed by atoms with Gasteiger partial charge in [-0.1, -0.05) is 85.2 Å². The van der Waals surface area contributed by atoms with Gasteiger partial charge in [-0.25, -0.2) is 4.68 Å². The second-order valence-corrected chi connectivity index (χ2v) is 10.2. The number of para-hydroxylation sites is 1. The van der Waals surface area contributed by atoms with E-state index in [0.717, 1.165) is 48.2 Å². The molecule has 3 aromatic rings. The van der Waals surface area contributed by atoms with Crippen LogP contribution in [0.25, 0.3) is 23.0 Å². The van der Waals surface area contributed by atoms with Gasteiger partial charge >= 0.3 is 0 Å². The number of thiocarbonyl (C=S) groups is 1. The summed E-state index contributed by atoms with van der Waals surface area (Å²) in [7, 11) is 0. The molecule has 1 saturated carbocycles. The van der Waals surface area contributed by atoms with Gasteiger partial charge in [-0.2, -0.15) is 5.10 Å². The predicted molar refractivity (Wildman–Crippen MR) is 136 cm³/mol. The Balaban J connectivity index is 1.54. The number of hydrogen-bond donors (Lipinski definition) is 0. The molecule has 1 aromatic heterocycles. The molecule has 0 bridgehead atoms. The summed E-state index contributed by atoms with van der Waals surface area (Å²) in [6, 6.07) is 17.8. The first kappa shape index (κ1) is 21.4. The largest absolute Gasteiger partial charge is 0.290 e. The number of benzene rings is 2. The fourth-order valence-corrected chi connectivity index (χ4v) is 5.83. The highest BCUT2D eigenvalue weighted by Gasteiger charge is 2.37. The van der Waals surface area contributed by atoms with Crippen molar-refractivity contribution in [2.75, 3.05) is 0 Å². The van der Waals surface area contributed by atoms with Crippen molar-refractivity contribution in [1.29, 1.82) is 0 Å². The molecule has 0 N–H and O–H groups in total. The second kappa shape index (κ2) is 9.22. The van der Waals surface area contributed by atoms with Crippen LogP contribution in [0.2, 0.25) is 5.02 Å². The molecule has 4 nitrogen and oxygen atoms in total. The van der Waals surface area contributed by atoms with E-state index in [-0.39, 0.29) is 11.9 Å². The fourth-order valence-electron chi connectivity index (χ4n) is 4.31. The molecule has 32 heavy (non-hydrogen) atoms. The van der Waals surface area contributed by atoms with Crippen molar-refractivity contribution in [3.8, 4) is 16.9 Å². The number of rotatable bonds is 4. The third kappa shape index (κ3) is 4.27. The summed E-state index contributed by atoms with van der Waals surface area (Å²) in [5.74, 6) is 0.0152. The van der Waals surface area contributed by atoms with Gasteiger partial charge in [0.15, 0.2) is 0 Å². The van der Waals surface area contributed by atoms with Gasteiger partial charge < -0.3 is 0 Å². The number of halogens is 1. The van der Waals surface area contributed by atoms with Crippen LogP contribution in [0.15, 0.2) is 65.7 Å². The van der Waals surface area contributed by atoms with Crippen molar-refractivity contribution in [2.24, 2.45) is 0 Å². The summed E-state index contributed by atoms with van der Waals surface area (Å²) in [5.41, 5.74) is 3.57. The van der Waals surface area contributed by atoms with E-state index in [1.807, 2.05) is 76.5 Å². The van der Waals surface area contributed by atoms with Gasteiger partial charge in [0, 0.05) is 28.4 Å². The van der Waals surface area contributed by atoms with Gasteiger partial charge in [0.25, 0.3) is 5.91 Å². The normalized spacial score (nSPS) is 18.7. The third-order valence-electron chi connectivity index (χ3n) is 5.93. The van der Waals surface area contributed by atoms with Crippen LogP contribution < -0.4 is 0 Å². The number of amides is 1. The molecule has 0 unspecified atom stereocenters. The lowest BCUT2D eigenvalue weighted by atomic mass is 9.94. The second-order valence-electron chi connectivity index (χ2n) is 8.06. The van der Waals surface area contributed by atoms with Crippen molar-refractivity contribution in [2.45, 2.75) is 38.1 Å². The highest BCUT2D eigenvalue weighted by molar-refractivity contribution is 8.26. The van der Waals surface area contributed by atoms with Gasteiger partial charge in [0.2, 0.25) is 0 Å². The van der Waals surface area contributed by atoms with Crippen molar-refractivity contribution in [1.82, 2.24) is 14.7 Å². The van der Waals surface area contributed by atoms with E-state index in [1.54, 1.807) is 0 Å². The van der Waals surface area contributed by atoms with Crippen molar-refractivity contribution in [3.63, 3.8) is 0 Å². The molecule has 7 heteroatoms. The molecule has 0 spiro atoms. The molecule has 2 fully saturated rings. The van der Waals surface area contributed by atoms with Crippen LogP contribution in [0, 0.1) is 0 Å². The van der Waals surface area contributed by atoms with Crippen LogP contribution in [0.1, 0.15) is 37.7 Å². The first-order valence-corrected chi connectivity index (χ1v) is 12.4. The van der Waals surface area contributed by atoms with Crippen LogP contribution in [0.3, 0.4) is 0 Å². The molecular formula is C25H22ClN3OS2. The maximum Gasteiger partial charge on any atom is 0.266 e. The number of aromatic nitrogens is 2. The standard InChI is InChI=1S/C25H22ClN3OS2/c26-19-13-11-17(12-14-19)23-18(16-28(27-23)20-7-3-1-4-8-20)15-22-24(30)29(25(31)32-22)21-9-5-2-6-10-21/h1,3-4,7-8,11-16,21H,2,5-6,9-10H2. The lowest BCUT2D eigenvalue weighted by molar-refractivity contribution is -0.124. The maximum absolute atomic E-state index is 13.3. The summed E-state index contributed by atoms with van der Waals surface area (Å²) in [6.07, 6.45) is 9.51. The molecule has 5 rings (SSSR count). The molecule has 162 valence electrons. The van der Waals surface area contributed by atoms with Gasteiger partial charge in [0.05, 0.1) is 16.3 Å². The lowest BCUT2D eigenvalue weighted by Crippen LogP contribution is -2.39. The molecule has 0 atom stereocenters. The van der Waals surface area contributed by atoms with E-state index in [1.165, 1.54) is 18.2 Å². The minimum atomic E-state index is 0.0152. The quantitative estimate of drug-likeness (QED) is 0.307. The highest BCUT2D eigenvalue weighted by atomic mass is 35.5. The molecule has 2 aliphatic rings. The number of hydrogen-bond acceptors (Lipinski definition) is 4. The SMILES string of the molecule is O=C1C(=Cc2cn(-c3ccccc3)nc2-c2ccc(Cl)cc2)SC(=S)N1C1CCCCC1. The van der Waals surface area contributed by atoms with E-state index >= 15 is 0 Å². The monoisotopic (exact) mass is 479 g/mol.